The van der Waals surface area contributed by atoms with Crippen molar-refractivity contribution in [3.8, 4) is 0 Å². The van der Waals surface area contributed by atoms with Gasteiger partial charge in [-0.1, -0.05) is 26.0 Å². The van der Waals surface area contributed by atoms with E-state index >= 15 is 0 Å². The third-order valence-electron chi connectivity index (χ3n) is 3.85. The molecular weight excluding hydrogens is 356 g/mol. The average molecular weight is 382 g/mol. The Kier molecular flexibility index (Phi) is 7.98. The summed E-state index contributed by atoms with van der Waals surface area (Å²) in [5.41, 5.74) is 0.675. The zero-order chi connectivity index (χ0) is 19.9. The van der Waals surface area contributed by atoms with Gasteiger partial charge in [0.05, 0.1) is 10.5 Å². The van der Waals surface area contributed by atoms with Gasteiger partial charge in [-0.15, -0.1) is 6.58 Å². The Labute approximate surface area is 155 Å². The number of hydrogen-bond donors (Lipinski definition) is 1. The highest BCUT2D eigenvalue weighted by Crippen LogP contribution is 2.20. The number of aryl methyl sites for hydroxylation is 1. The van der Waals surface area contributed by atoms with E-state index < -0.39 is 28.0 Å². The van der Waals surface area contributed by atoms with Crippen LogP contribution in [0, 0.1) is 6.92 Å². The van der Waals surface area contributed by atoms with Crippen molar-refractivity contribution in [2.75, 3.05) is 19.6 Å². The molecule has 0 bridgehead atoms. The minimum Gasteiger partial charge on any atom is -0.449 e. The zero-order valence-corrected chi connectivity index (χ0v) is 16.4. The van der Waals surface area contributed by atoms with Gasteiger partial charge in [-0.2, -0.15) is 4.31 Å². The minimum atomic E-state index is -3.70. The van der Waals surface area contributed by atoms with E-state index in [0.717, 1.165) is 0 Å². The first kappa shape index (κ1) is 21.9. The molecule has 0 spiro atoms. The monoisotopic (exact) mass is 382 g/mol. The first-order valence-corrected chi connectivity index (χ1v) is 9.83. The Morgan fingerprint density at radius 3 is 2.46 bits per heavy atom. The van der Waals surface area contributed by atoms with Crippen LogP contribution < -0.4 is 5.32 Å². The number of nitrogens with zero attached hydrogens (tertiary/aromatic N) is 1. The van der Waals surface area contributed by atoms with Gasteiger partial charge in [0.15, 0.2) is 6.10 Å². The Bertz CT molecular complexity index is 770. The molecule has 0 aromatic heterocycles. The van der Waals surface area contributed by atoms with Gasteiger partial charge in [-0.25, -0.2) is 13.2 Å². The molecule has 1 amide bonds. The minimum absolute atomic E-state index is 0.0162. The summed E-state index contributed by atoms with van der Waals surface area (Å²) in [4.78, 5) is 24.2. The lowest BCUT2D eigenvalue weighted by atomic mass is 10.1. The lowest BCUT2D eigenvalue weighted by Gasteiger charge is -2.19. The molecule has 1 aromatic rings. The fraction of sp³-hybridized carbons (Fsp3) is 0.444. The van der Waals surface area contributed by atoms with E-state index in [1.165, 1.54) is 29.4 Å². The summed E-state index contributed by atoms with van der Waals surface area (Å²) in [5.74, 6) is -1.21. The number of carbonyl (C=O) groups excluding carboxylic acids is 2. The van der Waals surface area contributed by atoms with Crippen LogP contribution in [-0.2, 0) is 19.6 Å². The molecule has 0 fully saturated rings. The van der Waals surface area contributed by atoms with Crippen LogP contribution in [-0.4, -0.2) is 50.3 Å². The Balaban J connectivity index is 3.08. The summed E-state index contributed by atoms with van der Waals surface area (Å²) < 4.78 is 31.7. The number of carbonyl (C=O) groups is 2. The quantitative estimate of drug-likeness (QED) is 0.520. The van der Waals surface area contributed by atoms with Gasteiger partial charge >= 0.3 is 5.97 Å². The van der Waals surface area contributed by atoms with Crippen molar-refractivity contribution in [3.05, 3.63) is 42.0 Å². The van der Waals surface area contributed by atoms with E-state index in [4.69, 9.17) is 4.74 Å². The van der Waals surface area contributed by atoms with Crippen LogP contribution in [0.3, 0.4) is 0 Å². The molecule has 0 aliphatic heterocycles. The molecule has 1 N–H and O–H groups in total. The molecule has 144 valence electrons. The summed E-state index contributed by atoms with van der Waals surface area (Å²) >= 11 is 0. The van der Waals surface area contributed by atoms with Crippen molar-refractivity contribution in [1.82, 2.24) is 9.62 Å². The molecule has 26 heavy (non-hydrogen) atoms. The Morgan fingerprint density at radius 1 is 1.31 bits per heavy atom. The van der Waals surface area contributed by atoms with Crippen LogP contribution in [0.15, 0.2) is 35.7 Å². The molecule has 0 saturated carbocycles. The van der Waals surface area contributed by atoms with E-state index in [1.807, 2.05) is 0 Å². The highest BCUT2D eigenvalue weighted by atomic mass is 32.2. The summed E-state index contributed by atoms with van der Waals surface area (Å²) in [7, 11) is -3.70. The number of sulfonamides is 1. The van der Waals surface area contributed by atoms with Gasteiger partial charge in [-0.3, -0.25) is 4.79 Å². The number of ether oxygens (including phenoxy) is 1. The molecule has 1 atom stereocenters. The molecule has 1 rings (SSSR count). The molecule has 0 saturated heterocycles. The smallest absolute Gasteiger partial charge is 0.339 e. The predicted molar refractivity (Wildman–Crippen MR) is 99.4 cm³/mol. The molecule has 0 aliphatic rings. The van der Waals surface area contributed by atoms with Gasteiger partial charge in [-0.05, 0) is 31.5 Å². The standard InChI is InChI=1S/C18H26N2O5S/c1-6-11-19-17(21)14(5)25-18(22)16-12-15(10-9-13(16)4)26(23,24)20(7-2)8-3/h6,9-10,12,14H,1,7-8,11H2,2-5H3,(H,19,21). The van der Waals surface area contributed by atoms with E-state index in [9.17, 15) is 18.0 Å². The predicted octanol–water partition coefficient (Wildman–Crippen LogP) is 1.87. The van der Waals surface area contributed by atoms with Crippen LogP contribution in [0.4, 0.5) is 0 Å². The number of esters is 1. The van der Waals surface area contributed by atoms with E-state index in [0.29, 0.717) is 18.7 Å². The summed E-state index contributed by atoms with van der Waals surface area (Å²) in [6.07, 6.45) is 0.503. The highest BCUT2D eigenvalue weighted by molar-refractivity contribution is 7.89. The van der Waals surface area contributed by atoms with Crippen molar-refractivity contribution in [2.24, 2.45) is 0 Å². The molecule has 1 unspecified atom stereocenters. The van der Waals surface area contributed by atoms with Crippen LogP contribution in [0.5, 0.6) is 0 Å². The molecular formula is C18H26N2O5S. The second-order valence-electron chi connectivity index (χ2n) is 5.65. The topological polar surface area (TPSA) is 92.8 Å². The maximum atomic E-state index is 12.6. The molecule has 0 aliphatic carbocycles. The summed E-state index contributed by atoms with van der Waals surface area (Å²) in [6.45, 7) is 11.0. The number of hydrogen-bond acceptors (Lipinski definition) is 5. The molecule has 8 heteroatoms. The van der Waals surface area contributed by atoms with Gasteiger partial charge in [0.2, 0.25) is 10.0 Å². The number of nitrogens with one attached hydrogen (secondary N) is 1. The molecule has 0 heterocycles. The van der Waals surface area contributed by atoms with E-state index in [1.54, 1.807) is 26.8 Å². The van der Waals surface area contributed by atoms with Crippen molar-refractivity contribution in [2.45, 2.75) is 38.7 Å². The fourth-order valence-electron chi connectivity index (χ4n) is 2.29. The van der Waals surface area contributed by atoms with Gasteiger partial charge in [0.1, 0.15) is 0 Å². The van der Waals surface area contributed by atoms with Crippen molar-refractivity contribution in [3.63, 3.8) is 0 Å². The van der Waals surface area contributed by atoms with Crippen LogP contribution >= 0.6 is 0 Å². The normalized spacial score (nSPS) is 12.5. The SMILES string of the molecule is C=CCNC(=O)C(C)OC(=O)c1cc(S(=O)(=O)N(CC)CC)ccc1C. The van der Waals surface area contributed by atoms with Gasteiger partial charge in [0.25, 0.3) is 5.91 Å². The maximum absolute atomic E-state index is 12.6. The van der Waals surface area contributed by atoms with E-state index in [2.05, 4.69) is 11.9 Å². The van der Waals surface area contributed by atoms with Crippen LogP contribution in [0.2, 0.25) is 0 Å². The third kappa shape index (κ3) is 5.15. The van der Waals surface area contributed by atoms with E-state index in [-0.39, 0.29) is 17.0 Å². The second kappa shape index (κ2) is 9.49. The molecule has 0 radical (unpaired) electrons. The number of amides is 1. The van der Waals surface area contributed by atoms with Gasteiger partial charge < -0.3 is 10.1 Å². The zero-order valence-electron chi connectivity index (χ0n) is 15.6. The first-order valence-electron chi connectivity index (χ1n) is 8.39. The van der Waals surface area contributed by atoms with Gasteiger partial charge in [0, 0.05) is 19.6 Å². The first-order chi connectivity index (χ1) is 12.2. The Hall–Kier alpha value is -2.19. The fourth-order valence-corrected chi connectivity index (χ4v) is 3.77. The summed E-state index contributed by atoms with van der Waals surface area (Å²) in [5, 5.41) is 2.53. The lowest BCUT2D eigenvalue weighted by Crippen LogP contribution is -2.36. The number of rotatable bonds is 9. The highest BCUT2D eigenvalue weighted by Gasteiger charge is 2.25. The van der Waals surface area contributed by atoms with Crippen molar-refractivity contribution >= 4 is 21.9 Å². The van der Waals surface area contributed by atoms with Crippen LogP contribution in [0.25, 0.3) is 0 Å². The average Bonchev–Trinajstić information content (AvgIpc) is 2.60. The van der Waals surface area contributed by atoms with Crippen molar-refractivity contribution in [1.29, 1.82) is 0 Å². The largest absolute Gasteiger partial charge is 0.449 e. The maximum Gasteiger partial charge on any atom is 0.339 e. The summed E-state index contributed by atoms with van der Waals surface area (Å²) in [6, 6.07) is 4.30. The van der Waals surface area contributed by atoms with Crippen molar-refractivity contribution < 1.29 is 22.7 Å². The third-order valence-corrected chi connectivity index (χ3v) is 5.89. The Morgan fingerprint density at radius 2 is 1.92 bits per heavy atom. The van der Waals surface area contributed by atoms with Crippen LogP contribution in [0.1, 0.15) is 36.7 Å². The number of benzene rings is 1. The second-order valence-corrected chi connectivity index (χ2v) is 7.59. The molecule has 7 nitrogen and oxygen atoms in total. The lowest BCUT2D eigenvalue weighted by molar-refractivity contribution is -0.128. The molecule has 1 aromatic carbocycles.